The van der Waals surface area contributed by atoms with Gasteiger partial charge in [0.1, 0.15) is 23.7 Å². The van der Waals surface area contributed by atoms with E-state index >= 15 is 0 Å². The number of carbonyl (C=O) groups is 3. The van der Waals surface area contributed by atoms with Crippen LogP contribution in [0.4, 0.5) is 28.0 Å². The van der Waals surface area contributed by atoms with Crippen LogP contribution in [0.1, 0.15) is 22.7 Å². The molecule has 1 fully saturated rings. The summed E-state index contributed by atoms with van der Waals surface area (Å²) in [5.41, 5.74) is -1.19. The van der Waals surface area contributed by atoms with E-state index in [2.05, 4.69) is 10.6 Å². The SMILES string of the molecule is COc1ccc([C@H]2NC(=O)N([C@H](Cc3ccccc3C(F)(F)F)C(=O)Nc3ccc(I)cc3F)C2=O)cc1. The maximum Gasteiger partial charge on any atom is 0.416 e. The van der Waals surface area contributed by atoms with Crippen LogP contribution in [-0.2, 0) is 22.2 Å². The molecule has 0 aliphatic carbocycles. The summed E-state index contributed by atoms with van der Waals surface area (Å²) in [6.45, 7) is 0. The molecule has 4 rings (SSSR count). The molecule has 12 heteroatoms. The Labute approximate surface area is 228 Å². The average Bonchev–Trinajstić information content (AvgIpc) is 3.17. The number of nitrogens with one attached hydrogen (secondary N) is 2. The molecule has 198 valence electrons. The van der Waals surface area contributed by atoms with Gasteiger partial charge in [0.15, 0.2) is 0 Å². The molecule has 1 aliphatic rings. The van der Waals surface area contributed by atoms with Gasteiger partial charge < -0.3 is 15.4 Å². The van der Waals surface area contributed by atoms with Gasteiger partial charge in [0, 0.05) is 9.99 Å². The van der Waals surface area contributed by atoms with Crippen LogP contribution in [-0.4, -0.2) is 35.9 Å². The zero-order valence-electron chi connectivity index (χ0n) is 19.7. The van der Waals surface area contributed by atoms with Crippen molar-refractivity contribution in [2.75, 3.05) is 12.4 Å². The fraction of sp³-hybridized carbons (Fsp3) is 0.192. The summed E-state index contributed by atoms with van der Waals surface area (Å²) in [5, 5.41) is 4.79. The summed E-state index contributed by atoms with van der Waals surface area (Å²) in [6.07, 6.45) is -5.40. The Balaban J connectivity index is 1.71. The number of carbonyl (C=O) groups excluding carboxylic acids is 3. The first kappa shape index (κ1) is 27.4. The first-order valence-corrected chi connectivity index (χ1v) is 12.3. The van der Waals surface area contributed by atoms with E-state index in [9.17, 15) is 31.9 Å². The van der Waals surface area contributed by atoms with Crippen molar-refractivity contribution in [1.29, 1.82) is 0 Å². The average molecular weight is 641 g/mol. The summed E-state index contributed by atoms with van der Waals surface area (Å²) >= 11 is 1.87. The Morgan fingerprint density at radius 2 is 1.79 bits per heavy atom. The molecule has 2 N–H and O–H groups in total. The number of nitrogens with zero attached hydrogens (tertiary/aromatic N) is 1. The lowest BCUT2D eigenvalue weighted by Gasteiger charge is -2.26. The highest BCUT2D eigenvalue weighted by molar-refractivity contribution is 14.1. The Morgan fingerprint density at radius 1 is 1.11 bits per heavy atom. The molecule has 1 heterocycles. The van der Waals surface area contributed by atoms with Crippen molar-refractivity contribution in [2.45, 2.75) is 24.7 Å². The van der Waals surface area contributed by atoms with Gasteiger partial charge in [-0.1, -0.05) is 30.3 Å². The van der Waals surface area contributed by atoms with Crippen molar-refractivity contribution >= 4 is 46.1 Å². The third-order valence-electron chi connectivity index (χ3n) is 5.96. The summed E-state index contributed by atoms with van der Waals surface area (Å²) in [4.78, 5) is 40.3. The molecule has 3 aromatic carbocycles. The van der Waals surface area contributed by atoms with Gasteiger partial charge in [-0.15, -0.1) is 0 Å². The standard InChI is InChI=1S/C26H20F4IN3O4/c1-38-17-9-6-14(7-10-17)22-24(36)34(25(37)33-22)21(12-15-4-2-3-5-18(15)26(28,29)30)23(35)32-20-11-8-16(31)13-19(20)27/h2-11,13,21-22H,12H2,1H3,(H,32,35)(H,33,37)/t21-,22-/m1/s1. The number of ether oxygens (including phenoxy) is 1. The summed E-state index contributed by atoms with van der Waals surface area (Å²) < 4.78 is 61.2. The largest absolute Gasteiger partial charge is 0.497 e. The molecule has 4 amide bonds. The molecule has 1 aliphatic heterocycles. The van der Waals surface area contributed by atoms with Gasteiger partial charge in [-0.3, -0.25) is 9.59 Å². The smallest absolute Gasteiger partial charge is 0.416 e. The maximum atomic E-state index is 14.5. The number of anilines is 1. The van der Waals surface area contributed by atoms with Crippen molar-refractivity contribution in [3.05, 3.63) is 92.8 Å². The number of benzene rings is 3. The van der Waals surface area contributed by atoms with Crippen LogP contribution in [0.25, 0.3) is 0 Å². The van der Waals surface area contributed by atoms with Gasteiger partial charge in [0.2, 0.25) is 5.91 Å². The quantitative estimate of drug-likeness (QED) is 0.208. The third-order valence-corrected chi connectivity index (χ3v) is 6.63. The molecular formula is C26H20F4IN3O4. The molecule has 2 atom stereocenters. The van der Waals surface area contributed by atoms with Crippen LogP contribution in [0.5, 0.6) is 5.75 Å². The number of amides is 4. The van der Waals surface area contributed by atoms with E-state index in [1.807, 2.05) is 22.6 Å². The second kappa shape index (κ2) is 11.0. The molecule has 0 saturated carbocycles. The van der Waals surface area contributed by atoms with E-state index in [4.69, 9.17) is 4.74 Å². The van der Waals surface area contributed by atoms with Crippen LogP contribution in [0.3, 0.4) is 0 Å². The zero-order chi connectivity index (χ0) is 27.6. The van der Waals surface area contributed by atoms with Gasteiger partial charge in [-0.25, -0.2) is 14.1 Å². The Kier molecular flexibility index (Phi) is 7.90. The predicted molar refractivity (Wildman–Crippen MR) is 138 cm³/mol. The topological polar surface area (TPSA) is 87.7 Å². The lowest BCUT2D eigenvalue weighted by Crippen LogP contribution is -2.49. The van der Waals surface area contributed by atoms with E-state index in [0.29, 0.717) is 19.8 Å². The van der Waals surface area contributed by atoms with Crippen molar-refractivity contribution < 1.29 is 36.7 Å². The van der Waals surface area contributed by atoms with Crippen LogP contribution >= 0.6 is 22.6 Å². The van der Waals surface area contributed by atoms with Gasteiger partial charge in [0.25, 0.3) is 5.91 Å². The summed E-state index contributed by atoms with van der Waals surface area (Å²) in [5.74, 6) is -2.15. The minimum atomic E-state index is -4.75. The third kappa shape index (κ3) is 5.74. The number of halogens is 5. The van der Waals surface area contributed by atoms with Crippen LogP contribution in [0.15, 0.2) is 66.7 Å². The molecule has 0 radical (unpaired) electrons. The first-order chi connectivity index (χ1) is 18.0. The number of rotatable bonds is 7. The minimum absolute atomic E-state index is 0.247. The number of methoxy groups -OCH3 is 1. The lowest BCUT2D eigenvalue weighted by atomic mass is 9.97. The lowest BCUT2D eigenvalue weighted by molar-refractivity contribution is -0.138. The highest BCUT2D eigenvalue weighted by atomic mass is 127. The van der Waals surface area contributed by atoms with E-state index in [1.165, 1.54) is 31.4 Å². The van der Waals surface area contributed by atoms with Crippen molar-refractivity contribution in [2.24, 2.45) is 0 Å². The number of alkyl halides is 3. The first-order valence-electron chi connectivity index (χ1n) is 11.2. The van der Waals surface area contributed by atoms with Gasteiger partial charge in [0.05, 0.1) is 18.4 Å². The maximum absolute atomic E-state index is 14.5. The number of imide groups is 1. The number of urea groups is 1. The zero-order valence-corrected chi connectivity index (χ0v) is 21.8. The van der Waals surface area contributed by atoms with Crippen molar-refractivity contribution in [1.82, 2.24) is 10.2 Å². The molecule has 0 unspecified atom stereocenters. The monoisotopic (exact) mass is 641 g/mol. The summed E-state index contributed by atoms with van der Waals surface area (Å²) in [6, 6.07) is 10.8. The van der Waals surface area contributed by atoms with Crippen LogP contribution in [0.2, 0.25) is 0 Å². The molecule has 0 aromatic heterocycles. The normalized spacial score (nSPS) is 16.3. The second-order valence-corrected chi connectivity index (χ2v) is 9.60. The van der Waals surface area contributed by atoms with E-state index < -0.39 is 53.9 Å². The molecule has 3 aromatic rings. The Bertz CT molecular complexity index is 1380. The molecule has 0 bridgehead atoms. The minimum Gasteiger partial charge on any atom is -0.497 e. The van der Waals surface area contributed by atoms with Gasteiger partial charge >= 0.3 is 12.2 Å². The highest BCUT2D eigenvalue weighted by Crippen LogP contribution is 2.34. The molecule has 7 nitrogen and oxygen atoms in total. The van der Waals surface area contributed by atoms with Crippen LogP contribution in [0, 0.1) is 9.39 Å². The van der Waals surface area contributed by atoms with Gasteiger partial charge in [-0.2, -0.15) is 13.2 Å². The van der Waals surface area contributed by atoms with E-state index in [-0.39, 0.29) is 11.3 Å². The van der Waals surface area contributed by atoms with Crippen molar-refractivity contribution in [3.63, 3.8) is 0 Å². The van der Waals surface area contributed by atoms with E-state index in [0.717, 1.165) is 18.2 Å². The molecule has 1 saturated heterocycles. The Hall–Kier alpha value is -3.68. The number of hydrogen-bond acceptors (Lipinski definition) is 4. The fourth-order valence-electron chi connectivity index (χ4n) is 4.10. The van der Waals surface area contributed by atoms with E-state index in [1.54, 1.807) is 24.3 Å². The predicted octanol–water partition coefficient (Wildman–Crippen LogP) is 5.30. The Morgan fingerprint density at radius 3 is 2.42 bits per heavy atom. The number of hydrogen-bond donors (Lipinski definition) is 2. The molecule has 38 heavy (non-hydrogen) atoms. The van der Waals surface area contributed by atoms with Crippen LogP contribution < -0.4 is 15.4 Å². The fourth-order valence-corrected chi connectivity index (χ4v) is 4.56. The second-order valence-electron chi connectivity index (χ2n) is 8.35. The van der Waals surface area contributed by atoms with Crippen molar-refractivity contribution in [3.8, 4) is 5.75 Å². The highest BCUT2D eigenvalue weighted by Gasteiger charge is 2.46. The summed E-state index contributed by atoms with van der Waals surface area (Å²) in [7, 11) is 1.46. The van der Waals surface area contributed by atoms with Gasteiger partial charge in [-0.05, 0) is 70.1 Å². The molecular weight excluding hydrogens is 621 g/mol. The molecule has 0 spiro atoms.